The third kappa shape index (κ3) is 4.95. The van der Waals surface area contributed by atoms with Gasteiger partial charge in [0.1, 0.15) is 5.75 Å². The first kappa shape index (κ1) is 20.2. The molecule has 144 valence electrons. The minimum Gasteiger partial charge on any atom is -0.483 e. The Labute approximate surface area is 153 Å². The van der Waals surface area contributed by atoms with E-state index in [0.717, 1.165) is 12.8 Å². The number of carbonyl (C=O) groups excluding carboxylic acids is 2. The summed E-state index contributed by atoms with van der Waals surface area (Å²) in [5, 5.41) is 2.69. The largest absolute Gasteiger partial charge is 0.483 e. The van der Waals surface area contributed by atoms with Crippen LogP contribution in [-0.2, 0) is 14.8 Å². The fourth-order valence-electron chi connectivity index (χ4n) is 2.58. The smallest absolute Gasteiger partial charge is 0.257 e. The van der Waals surface area contributed by atoms with Gasteiger partial charge in [-0.3, -0.25) is 9.59 Å². The summed E-state index contributed by atoms with van der Waals surface area (Å²) in [6.07, 6.45) is 1.63. The van der Waals surface area contributed by atoms with E-state index in [0.29, 0.717) is 25.6 Å². The minimum absolute atomic E-state index is 0.00944. The molecule has 1 aromatic rings. The first-order valence-corrected chi connectivity index (χ1v) is 9.99. The summed E-state index contributed by atoms with van der Waals surface area (Å²) in [5.74, 6) is -0.767. The summed E-state index contributed by atoms with van der Waals surface area (Å²) in [7, 11) is -3.67. The van der Waals surface area contributed by atoms with Crippen LogP contribution in [0.3, 0.4) is 0 Å². The molecule has 1 heterocycles. The van der Waals surface area contributed by atoms with Crippen molar-refractivity contribution in [1.29, 1.82) is 0 Å². The quantitative estimate of drug-likeness (QED) is 0.686. The fraction of sp³-hybridized carbons (Fsp3) is 0.529. The van der Waals surface area contributed by atoms with Gasteiger partial charge in [0.05, 0.1) is 10.5 Å². The molecule has 9 heteroatoms. The van der Waals surface area contributed by atoms with Crippen molar-refractivity contribution in [3.8, 4) is 5.75 Å². The molecule has 0 saturated carbocycles. The molecule has 0 aromatic heterocycles. The number of hydrogen-bond donors (Lipinski definition) is 2. The first-order valence-electron chi connectivity index (χ1n) is 8.55. The van der Waals surface area contributed by atoms with E-state index in [1.807, 2.05) is 13.8 Å². The SMILES string of the molecule is CC(C)CNC(=O)COc1ccc(S(=O)(=O)N2CCCC2)cc1C(N)=O. The topological polar surface area (TPSA) is 119 Å². The van der Waals surface area contributed by atoms with E-state index in [4.69, 9.17) is 10.5 Å². The van der Waals surface area contributed by atoms with E-state index < -0.39 is 15.9 Å². The Morgan fingerprint density at radius 3 is 2.50 bits per heavy atom. The molecule has 0 radical (unpaired) electrons. The Hall–Kier alpha value is -2.13. The molecule has 0 spiro atoms. The molecule has 1 aliphatic rings. The summed E-state index contributed by atoms with van der Waals surface area (Å²) in [6.45, 7) is 5.08. The van der Waals surface area contributed by atoms with Crippen LogP contribution in [0.15, 0.2) is 23.1 Å². The van der Waals surface area contributed by atoms with Gasteiger partial charge in [0, 0.05) is 19.6 Å². The normalized spacial score (nSPS) is 15.2. The second-order valence-corrected chi connectivity index (χ2v) is 8.56. The highest BCUT2D eigenvalue weighted by molar-refractivity contribution is 7.89. The molecule has 0 bridgehead atoms. The highest BCUT2D eigenvalue weighted by Crippen LogP contribution is 2.26. The van der Waals surface area contributed by atoms with Crippen molar-refractivity contribution in [3.63, 3.8) is 0 Å². The maximum atomic E-state index is 12.6. The van der Waals surface area contributed by atoms with E-state index in [1.165, 1.54) is 22.5 Å². The summed E-state index contributed by atoms with van der Waals surface area (Å²) >= 11 is 0. The van der Waals surface area contributed by atoms with Crippen molar-refractivity contribution < 1.29 is 22.7 Å². The lowest BCUT2D eigenvalue weighted by atomic mass is 10.2. The van der Waals surface area contributed by atoms with Crippen molar-refractivity contribution in [2.45, 2.75) is 31.6 Å². The van der Waals surface area contributed by atoms with Crippen molar-refractivity contribution in [1.82, 2.24) is 9.62 Å². The number of amides is 2. The van der Waals surface area contributed by atoms with E-state index in [9.17, 15) is 18.0 Å². The predicted molar refractivity (Wildman–Crippen MR) is 96.3 cm³/mol. The maximum Gasteiger partial charge on any atom is 0.257 e. The highest BCUT2D eigenvalue weighted by atomic mass is 32.2. The number of nitrogens with one attached hydrogen (secondary N) is 1. The van der Waals surface area contributed by atoms with Gasteiger partial charge in [-0.05, 0) is 37.0 Å². The molecule has 1 saturated heterocycles. The van der Waals surface area contributed by atoms with Crippen LogP contribution in [0.1, 0.15) is 37.0 Å². The minimum atomic E-state index is -3.67. The monoisotopic (exact) mass is 383 g/mol. The Morgan fingerprint density at radius 2 is 1.92 bits per heavy atom. The summed E-state index contributed by atoms with van der Waals surface area (Å²) in [4.78, 5) is 23.5. The van der Waals surface area contributed by atoms with Gasteiger partial charge in [-0.25, -0.2) is 8.42 Å². The zero-order valence-electron chi connectivity index (χ0n) is 15.0. The van der Waals surface area contributed by atoms with E-state index in [-0.39, 0.29) is 28.7 Å². The van der Waals surface area contributed by atoms with Crippen LogP contribution in [0.4, 0.5) is 0 Å². The summed E-state index contributed by atoms with van der Waals surface area (Å²) in [6, 6.07) is 3.93. The molecular formula is C17H25N3O5S. The molecule has 26 heavy (non-hydrogen) atoms. The molecule has 1 fully saturated rings. The Morgan fingerprint density at radius 1 is 1.27 bits per heavy atom. The van der Waals surface area contributed by atoms with E-state index in [1.54, 1.807) is 0 Å². The molecule has 3 N–H and O–H groups in total. The fourth-order valence-corrected chi connectivity index (χ4v) is 4.12. The molecular weight excluding hydrogens is 358 g/mol. The molecule has 2 amide bonds. The molecule has 0 atom stereocenters. The molecule has 1 aliphatic heterocycles. The molecule has 2 rings (SSSR count). The second kappa shape index (κ2) is 8.50. The van der Waals surface area contributed by atoms with Crippen molar-refractivity contribution in [3.05, 3.63) is 23.8 Å². The summed E-state index contributed by atoms with van der Waals surface area (Å²) < 4.78 is 32.0. The molecule has 1 aromatic carbocycles. The van der Waals surface area contributed by atoms with Crippen molar-refractivity contribution in [2.75, 3.05) is 26.2 Å². The number of nitrogens with two attached hydrogens (primary N) is 1. The lowest BCUT2D eigenvalue weighted by Gasteiger charge is -2.17. The number of hydrogen-bond acceptors (Lipinski definition) is 5. The van der Waals surface area contributed by atoms with Crippen molar-refractivity contribution in [2.24, 2.45) is 11.7 Å². The average Bonchev–Trinajstić information content (AvgIpc) is 3.13. The van der Waals surface area contributed by atoms with Gasteiger partial charge < -0.3 is 15.8 Å². The number of carbonyl (C=O) groups is 2. The number of primary amides is 1. The highest BCUT2D eigenvalue weighted by Gasteiger charge is 2.28. The lowest BCUT2D eigenvalue weighted by molar-refractivity contribution is -0.123. The van der Waals surface area contributed by atoms with Crippen LogP contribution in [-0.4, -0.2) is 50.8 Å². The lowest BCUT2D eigenvalue weighted by Crippen LogP contribution is -2.32. The van der Waals surface area contributed by atoms with Crippen LogP contribution < -0.4 is 15.8 Å². The number of sulfonamides is 1. The zero-order chi connectivity index (χ0) is 19.3. The number of nitrogens with zero attached hydrogens (tertiary/aromatic N) is 1. The predicted octanol–water partition coefficient (Wildman–Crippen LogP) is 0.721. The zero-order valence-corrected chi connectivity index (χ0v) is 15.8. The van der Waals surface area contributed by atoms with Crippen LogP contribution >= 0.6 is 0 Å². The van der Waals surface area contributed by atoms with Crippen LogP contribution in [0.2, 0.25) is 0 Å². The maximum absolute atomic E-state index is 12.6. The molecule has 8 nitrogen and oxygen atoms in total. The third-order valence-corrected chi connectivity index (χ3v) is 5.88. The van der Waals surface area contributed by atoms with Gasteiger partial charge in [-0.15, -0.1) is 0 Å². The number of ether oxygens (including phenoxy) is 1. The van der Waals surface area contributed by atoms with Gasteiger partial charge in [0.25, 0.3) is 11.8 Å². The average molecular weight is 383 g/mol. The van der Waals surface area contributed by atoms with Crippen LogP contribution in [0.25, 0.3) is 0 Å². The third-order valence-electron chi connectivity index (χ3n) is 3.99. The van der Waals surface area contributed by atoms with Gasteiger partial charge in [-0.1, -0.05) is 13.8 Å². The second-order valence-electron chi connectivity index (χ2n) is 6.62. The molecule has 0 unspecified atom stereocenters. The van der Waals surface area contributed by atoms with Crippen LogP contribution in [0, 0.1) is 5.92 Å². The van der Waals surface area contributed by atoms with Gasteiger partial charge >= 0.3 is 0 Å². The van der Waals surface area contributed by atoms with Gasteiger partial charge in [-0.2, -0.15) is 4.31 Å². The number of benzene rings is 1. The Balaban J connectivity index is 2.16. The number of rotatable bonds is 8. The van der Waals surface area contributed by atoms with Gasteiger partial charge in [0.2, 0.25) is 10.0 Å². The van der Waals surface area contributed by atoms with E-state index >= 15 is 0 Å². The van der Waals surface area contributed by atoms with Gasteiger partial charge in [0.15, 0.2) is 6.61 Å². The van der Waals surface area contributed by atoms with Crippen molar-refractivity contribution >= 4 is 21.8 Å². The first-order chi connectivity index (χ1) is 12.2. The molecule has 0 aliphatic carbocycles. The Bertz CT molecular complexity index is 771. The summed E-state index contributed by atoms with van der Waals surface area (Å²) in [5.41, 5.74) is 5.29. The van der Waals surface area contributed by atoms with Crippen LogP contribution in [0.5, 0.6) is 5.75 Å². The van der Waals surface area contributed by atoms with E-state index in [2.05, 4.69) is 5.32 Å². The standard InChI is InChI=1S/C17H25N3O5S/c1-12(2)10-19-16(21)11-25-15-6-5-13(9-14(15)17(18)22)26(23,24)20-7-3-4-8-20/h5-6,9,12H,3-4,7-8,10-11H2,1-2H3,(H2,18,22)(H,19,21). The Kier molecular flexibility index (Phi) is 6.60.